The smallest absolute Gasteiger partial charge is 0.410 e. The number of carbonyl (C=O) groups is 3. The maximum Gasteiger partial charge on any atom is 0.410 e. The van der Waals surface area contributed by atoms with Crippen LogP contribution in [0.2, 0.25) is 0 Å². The second-order valence-electron chi connectivity index (χ2n) is 11.5. The number of morpholine rings is 1. The Morgan fingerprint density at radius 1 is 0.977 bits per heavy atom. The van der Waals surface area contributed by atoms with E-state index in [1.807, 2.05) is 61.5 Å². The van der Waals surface area contributed by atoms with Gasteiger partial charge in [-0.25, -0.2) is 18.8 Å². The number of amides is 1. The molecular weight excluding hydrogens is 555 g/mol. The van der Waals surface area contributed by atoms with E-state index in [1.165, 1.54) is 20.9 Å². The summed E-state index contributed by atoms with van der Waals surface area (Å²) in [5.74, 6) is -1.66. The van der Waals surface area contributed by atoms with Crippen molar-refractivity contribution in [1.29, 1.82) is 0 Å². The van der Waals surface area contributed by atoms with Gasteiger partial charge in [-0.1, -0.05) is 55.8 Å². The molecule has 0 radical (unpaired) electrons. The molecule has 0 bridgehead atoms. The minimum absolute atomic E-state index is 0.00776. The number of alkyl halides is 1. The molecule has 0 saturated carbocycles. The van der Waals surface area contributed by atoms with Gasteiger partial charge in [0, 0.05) is 38.7 Å². The van der Waals surface area contributed by atoms with Crippen LogP contribution in [0.4, 0.5) is 14.9 Å². The van der Waals surface area contributed by atoms with Crippen LogP contribution in [-0.4, -0.2) is 80.2 Å². The Hall–Kier alpha value is -3.66. The van der Waals surface area contributed by atoms with Crippen molar-refractivity contribution in [1.82, 2.24) is 4.90 Å². The zero-order valence-electron chi connectivity index (χ0n) is 25.9. The normalized spacial score (nSPS) is 15.6. The van der Waals surface area contributed by atoms with Gasteiger partial charge in [0.1, 0.15) is 24.4 Å². The van der Waals surface area contributed by atoms with Crippen LogP contribution >= 0.6 is 0 Å². The Bertz CT molecular complexity index is 1160. The third kappa shape index (κ3) is 11.2. The minimum atomic E-state index is -1.81. The van der Waals surface area contributed by atoms with Gasteiger partial charge >= 0.3 is 18.0 Å². The zero-order chi connectivity index (χ0) is 31.4. The number of anilines is 1. The third-order valence-corrected chi connectivity index (χ3v) is 7.18. The fourth-order valence-electron chi connectivity index (χ4n) is 4.78. The van der Waals surface area contributed by atoms with Crippen molar-refractivity contribution >= 4 is 23.7 Å². The fourth-order valence-corrected chi connectivity index (χ4v) is 4.78. The van der Waals surface area contributed by atoms with Crippen LogP contribution in [0.15, 0.2) is 54.6 Å². The van der Waals surface area contributed by atoms with E-state index in [0.717, 1.165) is 41.2 Å². The molecule has 1 saturated heterocycles. The fraction of sp³-hybridized carbons (Fsp3) is 0.545. The Kier molecular flexibility index (Phi) is 12.8. The molecule has 1 unspecified atom stereocenters. The summed E-state index contributed by atoms with van der Waals surface area (Å²) in [6.07, 6.45) is -1.33. The topological polar surface area (TPSA) is 94.6 Å². The summed E-state index contributed by atoms with van der Waals surface area (Å²) >= 11 is 0. The Balaban J connectivity index is 1.79. The Morgan fingerprint density at radius 3 is 2.23 bits per heavy atom. The maximum atomic E-state index is 14.9. The van der Waals surface area contributed by atoms with Crippen molar-refractivity contribution in [3.63, 3.8) is 0 Å². The van der Waals surface area contributed by atoms with Crippen LogP contribution in [0.25, 0.3) is 0 Å². The predicted octanol–water partition coefficient (Wildman–Crippen LogP) is 5.48. The average molecular weight is 601 g/mol. The van der Waals surface area contributed by atoms with Gasteiger partial charge in [0.15, 0.2) is 0 Å². The number of carbonyl (C=O) groups excluding carboxylic acids is 3. The molecular formula is C33H45FN2O7. The molecule has 0 spiro atoms. The molecule has 2 aromatic carbocycles. The number of esters is 2. The van der Waals surface area contributed by atoms with Crippen LogP contribution in [0.1, 0.15) is 58.1 Å². The number of hydrogen-bond acceptors (Lipinski definition) is 8. The Labute approximate surface area is 254 Å². The van der Waals surface area contributed by atoms with Crippen molar-refractivity contribution in [2.45, 2.75) is 83.9 Å². The van der Waals surface area contributed by atoms with Gasteiger partial charge in [-0.15, -0.1) is 0 Å². The summed E-state index contributed by atoms with van der Waals surface area (Å²) in [5, 5.41) is 0. The summed E-state index contributed by atoms with van der Waals surface area (Å²) in [6, 6.07) is 15.5. The molecule has 43 heavy (non-hydrogen) atoms. The molecule has 3 rings (SSSR count). The lowest BCUT2D eigenvalue weighted by Crippen LogP contribution is -2.48. The van der Waals surface area contributed by atoms with Crippen LogP contribution in [0, 0.1) is 0 Å². The first kappa shape index (κ1) is 33.8. The number of hydrogen-bond donors (Lipinski definition) is 0. The molecule has 1 aliphatic rings. The van der Waals surface area contributed by atoms with Gasteiger partial charge in [-0.3, -0.25) is 4.90 Å². The Morgan fingerprint density at radius 2 is 1.63 bits per heavy atom. The lowest BCUT2D eigenvalue weighted by Gasteiger charge is -2.31. The average Bonchev–Trinajstić information content (AvgIpc) is 2.99. The minimum Gasteiger partial charge on any atom is -0.458 e. The maximum absolute atomic E-state index is 14.9. The van der Waals surface area contributed by atoms with Crippen molar-refractivity contribution in [3.8, 4) is 0 Å². The SMILES string of the molecule is CCCC(C)OC(=O)N(C)[C@@H](CC(C)(C)F)C(=O)O[C@H](Cc1ccc(N2CCOCC2)cc1)C(=O)OCc1ccccc1. The van der Waals surface area contributed by atoms with Crippen molar-refractivity contribution in [2.24, 2.45) is 0 Å². The molecule has 236 valence electrons. The molecule has 0 N–H and O–H groups in total. The van der Waals surface area contributed by atoms with E-state index in [1.54, 1.807) is 6.92 Å². The van der Waals surface area contributed by atoms with E-state index in [9.17, 15) is 18.8 Å². The summed E-state index contributed by atoms with van der Waals surface area (Å²) in [7, 11) is 1.37. The summed E-state index contributed by atoms with van der Waals surface area (Å²) < 4.78 is 37.0. The van der Waals surface area contributed by atoms with Crippen molar-refractivity contribution < 1.29 is 37.7 Å². The highest BCUT2D eigenvalue weighted by Crippen LogP contribution is 2.23. The lowest BCUT2D eigenvalue weighted by atomic mass is 10.00. The number of benzene rings is 2. The standard InChI is InChI=1S/C33H45FN2O7/c1-6-10-24(2)42-32(39)35(5)28(22-33(3,4)34)30(37)43-29(31(38)41-23-26-11-8-7-9-12-26)21-25-13-15-27(16-14-25)36-17-19-40-20-18-36/h7-9,11-16,24,28-29H,6,10,17-23H2,1-5H3/t24?,28-,29+/m0/s1. The van der Waals surface area contributed by atoms with E-state index >= 15 is 0 Å². The van der Waals surface area contributed by atoms with Gasteiger partial charge in [-0.2, -0.15) is 0 Å². The van der Waals surface area contributed by atoms with E-state index in [0.29, 0.717) is 19.6 Å². The first-order valence-corrected chi connectivity index (χ1v) is 14.9. The highest BCUT2D eigenvalue weighted by Gasteiger charge is 2.38. The summed E-state index contributed by atoms with van der Waals surface area (Å²) in [5.41, 5.74) is 0.729. The summed E-state index contributed by atoms with van der Waals surface area (Å²) in [6.45, 7) is 9.22. The molecule has 0 aliphatic carbocycles. The predicted molar refractivity (Wildman–Crippen MR) is 162 cm³/mol. The van der Waals surface area contributed by atoms with Gasteiger partial charge in [0.2, 0.25) is 6.10 Å². The molecule has 1 fully saturated rings. The van der Waals surface area contributed by atoms with E-state index in [-0.39, 0.29) is 25.6 Å². The molecule has 10 heteroatoms. The zero-order valence-corrected chi connectivity index (χ0v) is 25.9. The number of nitrogens with zero attached hydrogens (tertiary/aromatic N) is 2. The molecule has 1 heterocycles. The van der Waals surface area contributed by atoms with Crippen molar-refractivity contribution in [2.75, 3.05) is 38.3 Å². The number of ether oxygens (including phenoxy) is 4. The number of rotatable bonds is 14. The second-order valence-corrected chi connectivity index (χ2v) is 11.5. The molecule has 9 nitrogen and oxygen atoms in total. The van der Waals surface area contributed by atoms with Crippen LogP contribution in [0.3, 0.4) is 0 Å². The van der Waals surface area contributed by atoms with Crippen LogP contribution in [0.5, 0.6) is 0 Å². The van der Waals surface area contributed by atoms with Gasteiger partial charge in [0.25, 0.3) is 0 Å². The first-order valence-electron chi connectivity index (χ1n) is 14.9. The summed E-state index contributed by atoms with van der Waals surface area (Å²) in [4.78, 5) is 43.0. The van der Waals surface area contributed by atoms with Crippen molar-refractivity contribution in [3.05, 3.63) is 65.7 Å². The number of halogens is 1. The van der Waals surface area contributed by atoms with Gasteiger partial charge in [-0.05, 0) is 50.5 Å². The number of likely N-dealkylation sites (N-methyl/N-ethyl adjacent to an activating group) is 1. The van der Waals surface area contributed by atoms with Crippen LogP contribution < -0.4 is 4.90 Å². The van der Waals surface area contributed by atoms with E-state index in [2.05, 4.69) is 4.90 Å². The molecule has 2 aromatic rings. The highest BCUT2D eigenvalue weighted by atomic mass is 19.1. The molecule has 0 aromatic heterocycles. The molecule has 1 amide bonds. The second kappa shape index (κ2) is 16.3. The monoisotopic (exact) mass is 600 g/mol. The largest absolute Gasteiger partial charge is 0.458 e. The quantitative estimate of drug-likeness (QED) is 0.208. The molecule has 1 aliphatic heterocycles. The van der Waals surface area contributed by atoms with E-state index < -0.39 is 35.8 Å². The highest BCUT2D eigenvalue weighted by molar-refractivity contribution is 5.85. The van der Waals surface area contributed by atoms with Crippen LogP contribution in [-0.2, 0) is 41.6 Å². The van der Waals surface area contributed by atoms with Gasteiger partial charge in [0.05, 0.1) is 13.2 Å². The lowest BCUT2D eigenvalue weighted by molar-refractivity contribution is -0.172. The first-order chi connectivity index (χ1) is 20.5. The van der Waals surface area contributed by atoms with Gasteiger partial charge < -0.3 is 23.8 Å². The molecule has 3 atom stereocenters. The third-order valence-electron chi connectivity index (χ3n) is 7.18. The van der Waals surface area contributed by atoms with E-state index in [4.69, 9.17) is 18.9 Å².